The lowest BCUT2D eigenvalue weighted by Gasteiger charge is -2.09. The molecule has 1 heterocycles. The molecule has 0 N–H and O–H groups in total. The Labute approximate surface area is 97.5 Å². The Morgan fingerprint density at radius 3 is 2.59 bits per heavy atom. The highest BCUT2D eigenvalue weighted by molar-refractivity contribution is 6.04. The molecule has 3 heteroatoms. The molecule has 0 aliphatic rings. The first-order valence-electron chi connectivity index (χ1n) is 5.38. The molecule has 0 aliphatic carbocycles. The summed E-state index contributed by atoms with van der Waals surface area (Å²) in [5.74, 6) is -0.286. The molecule has 0 bridgehead atoms. The Morgan fingerprint density at radius 2 is 1.76 bits per heavy atom. The molecule has 0 saturated carbocycles. The van der Waals surface area contributed by atoms with E-state index in [2.05, 4.69) is 0 Å². The summed E-state index contributed by atoms with van der Waals surface area (Å²) < 4.78 is 14.2. The van der Waals surface area contributed by atoms with Gasteiger partial charge >= 0.3 is 0 Å². The molecule has 0 radical (unpaired) electrons. The lowest BCUT2D eigenvalue weighted by molar-refractivity contribution is -0.582. The van der Waals surface area contributed by atoms with Crippen molar-refractivity contribution in [3.8, 4) is 0 Å². The Kier molecular flexibility index (Phi) is 2.01. The van der Waals surface area contributed by atoms with Gasteiger partial charge in [-0.1, -0.05) is 12.1 Å². The summed E-state index contributed by atoms with van der Waals surface area (Å²) in [7, 11) is 0. The topological polar surface area (TPSA) is 26.9 Å². The van der Waals surface area contributed by atoms with E-state index in [4.69, 9.17) is 0 Å². The first-order chi connectivity index (χ1) is 8.18. The van der Waals surface area contributed by atoms with Crippen molar-refractivity contribution in [1.29, 1.82) is 0 Å². The Hall–Kier alpha value is -2.16. The van der Waals surface area contributed by atoms with Crippen LogP contribution in [0.4, 0.5) is 4.39 Å². The van der Waals surface area contributed by atoms with E-state index in [0.29, 0.717) is 11.2 Å². The summed E-state index contributed by atoms with van der Waals surface area (Å²) >= 11 is 0. The fourth-order valence-electron chi connectivity index (χ4n) is 2.22. The van der Waals surface area contributed by atoms with Crippen molar-refractivity contribution in [1.82, 2.24) is 0 Å². The summed E-state index contributed by atoms with van der Waals surface area (Å²) in [6.45, 7) is 1.75. The van der Waals surface area contributed by atoms with Crippen LogP contribution in [0.25, 0.3) is 21.7 Å². The number of fused-ring (bicyclic) bond motifs is 3. The summed E-state index contributed by atoms with van der Waals surface area (Å²) in [5, 5.41) is 14.4. The van der Waals surface area contributed by atoms with Gasteiger partial charge in [0, 0.05) is 18.4 Å². The Balaban J connectivity index is 2.66. The van der Waals surface area contributed by atoms with Crippen molar-refractivity contribution in [3.63, 3.8) is 0 Å². The molecule has 0 spiro atoms. The van der Waals surface area contributed by atoms with Gasteiger partial charge in [0.2, 0.25) is 5.52 Å². The number of hydrogen-bond donors (Lipinski definition) is 0. The Bertz CT molecular complexity index is 737. The van der Waals surface area contributed by atoms with E-state index in [1.807, 2.05) is 12.1 Å². The van der Waals surface area contributed by atoms with E-state index in [1.165, 1.54) is 12.1 Å². The first kappa shape index (κ1) is 10.0. The van der Waals surface area contributed by atoms with Gasteiger partial charge in [-0.05, 0) is 24.3 Å². The van der Waals surface area contributed by atoms with E-state index >= 15 is 0 Å². The predicted octanol–water partition coefficient (Wildman–Crippen LogP) is 3.07. The van der Waals surface area contributed by atoms with Crippen LogP contribution in [-0.2, 0) is 0 Å². The van der Waals surface area contributed by atoms with Gasteiger partial charge in [0.05, 0.1) is 10.8 Å². The number of rotatable bonds is 0. The molecular weight excluding hydrogens is 217 g/mol. The zero-order valence-corrected chi connectivity index (χ0v) is 9.27. The third-order valence-corrected chi connectivity index (χ3v) is 3.09. The number of aromatic nitrogens is 1. The van der Waals surface area contributed by atoms with E-state index < -0.39 is 0 Å². The third kappa shape index (κ3) is 1.35. The van der Waals surface area contributed by atoms with E-state index in [9.17, 15) is 9.60 Å². The molecule has 0 fully saturated rings. The lowest BCUT2D eigenvalue weighted by Crippen LogP contribution is -2.31. The highest BCUT2D eigenvalue weighted by Crippen LogP contribution is 2.25. The molecule has 2 aromatic carbocycles. The van der Waals surface area contributed by atoms with Gasteiger partial charge in [-0.15, -0.1) is 0 Å². The number of nitrogens with zero attached hydrogens (tertiary/aromatic N) is 1. The number of benzene rings is 2. The van der Waals surface area contributed by atoms with Gasteiger partial charge in [0.25, 0.3) is 0 Å². The minimum absolute atomic E-state index is 0.286. The molecule has 1 aromatic heterocycles. The fraction of sp³-hybridized carbons (Fsp3) is 0.0714. The maximum Gasteiger partial charge on any atom is 0.224 e. The summed E-state index contributed by atoms with van der Waals surface area (Å²) in [6, 6.07) is 11.8. The molecule has 0 amide bonds. The van der Waals surface area contributed by atoms with E-state index in [-0.39, 0.29) is 5.82 Å². The normalized spacial score (nSPS) is 11.2. The molecule has 0 aliphatic heterocycles. The maximum atomic E-state index is 13.3. The van der Waals surface area contributed by atoms with Crippen molar-refractivity contribution in [2.45, 2.75) is 6.92 Å². The number of pyridine rings is 1. The molecular formula is C14H10FNO. The van der Waals surface area contributed by atoms with E-state index in [0.717, 1.165) is 20.9 Å². The van der Waals surface area contributed by atoms with Crippen molar-refractivity contribution in [2.75, 3.05) is 0 Å². The van der Waals surface area contributed by atoms with Crippen LogP contribution < -0.4 is 4.73 Å². The van der Waals surface area contributed by atoms with Crippen LogP contribution in [0.3, 0.4) is 0 Å². The van der Waals surface area contributed by atoms with Gasteiger partial charge in [-0.2, -0.15) is 4.73 Å². The van der Waals surface area contributed by atoms with Crippen LogP contribution >= 0.6 is 0 Å². The second-order valence-corrected chi connectivity index (χ2v) is 4.09. The average Bonchev–Trinajstić information content (AvgIpc) is 2.36. The van der Waals surface area contributed by atoms with Gasteiger partial charge < -0.3 is 5.21 Å². The van der Waals surface area contributed by atoms with Crippen LogP contribution in [-0.4, -0.2) is 0 Å². The molecule has 84 valence electrons. The number of aryl methyl sites for hydroxylation is 1. The average molecular weight is 227 g/mol. The van der Waals surface area contributed by atoms with Crippen molar-refractivity contribution in [2.24, 2.45) is 0 Å². The molecule has 2 nitrogen and oxygen atoms in total. The zero-order chi connectivity index (χ0) is 12.0. The maximum absolute atomic E-state index is 13.3. The smallest absolute Gasteiger partial charge is 0.224 e. The quantitative estimate of drug-likeness (QED) is 0.329. The summed E-state index contributed by atoms with van der Waals surface area (Å²) in [6.07, 6.45) is 0. The highest BCUT2D eigenvalue weighted by atomic mass is 19.1. The second kappa shape index (κ2) is 3.42. The van der Waals surface area contributed by atoms with E-state index in [1.54, 1.807) is 25.1 Å². The second-order valence-electron chi connectivity index (χ2n) is 4.09. The number of para-hydroxylation sites is 1. The predicted molar refractivity (Wildman–Crippen MR) is 65.1 cm³/mol. The molecule has 0 saturated heterocycles. The standard InChI is InChI=1S/C14H10FNO/c1-9-11-7-6-10(15)8-13(11)12-4-2-3-5-14(12)16(9)17/h2-8H,1H3. The summed E-state index contributed by atoms with van der Waals surface area (Å²) in [5.41, 5.74) is 1.17. The minimum Gasteiger partial charge on any atom is -0.618 e. The van der Waals surface area contributed by atoms with Crippen LogP contribution in [0.1, 0.15) is 5.69 Å². The van der Waals surface area contributed by atoms with Crippen molar-refractivity contribution >= 4 is 21.7 Å². The molecule has 0 unspecified atom stereocenters. The van der Waals surface area contributed by atoms with Crippen LogP contribution in [0.5, 0.6) is 0 Å². The lowest BCUT2D eigenvalue weighted by atomic mass is 10.0. The monoisotopic (exact) mass is 227 g/mol. The fourth-order valence-corrected chi connectivity index (χ4v) is 2.22. The molecule has 17 heavy (non-hydrogen) atoms. The Morgan fingerprint density at radius 1 is 1.00 bits per heavy atom. The highest BCUT2D eigenvalue weighted by Gasteiger charge is 2.14. The van der Waals surface area contributed by atoms with Gasteiger partial charge in [-0.3, -0.25) is 0 Å². The zero-order valence-electron chi connectivity index (χ0n) is 9.27. The SMILES string of the molecule is Cc1c2ccc(F)cc2c2ccccc2[n+]1[O-]. The first-order valence-corrected chi connectivity index (χ1v) is 5.38. The van der Waals surface area contributed by atoms with Crippen LogP contribution in [0, 0.1) is 17.9 Å². The molecule has 0 atom stereocenters. The number of halogens is 1. The molecule has 3 rings (SSSR count). The van der Waals surface area contributed by atoms with Crippen molar-refractivity contribution < 1.29 is 9.12 Å². The summed E-state index contributed by atoms with van der Waals surface area (Å²) in [4.78, 5) is 0. The van der Waals surface area contributed by atoms with Crippen LogP contribution in [0.15, 0.2) is 42.5 Å². The van der Waals surface area contributed by atoms with Gasteiger partial charge in [-0.25, -0.2) is 4.39 Å². The van der Waals surface area contributed by atoms with Crippen LogP contribution in [0.2, 0.25) is 0 Å². The third-order valence-electron chi connectivity index (χ3n) is 3.09. The molecule has 3 aromatic rings. The van der Waals surface area contributed by atoms with Gasteiger partial charge in [0.15, 0.2) is 5.69 Å². The van der Waals surface area contributed by atoms with Gasteiger partial charge in [0.1, 0.15) is 5.82 Å². The largest absolute Gasteiger partial charge is 0.618 e. The number of hydrogen-bond acceptors (Lipinski definition) is 1. The minimum atomic E-state index is -0.286. The van der Waals surface area contributed by atoms with Crippen molar-refractivity contribution in [3.05, 3.63) is 59.2 Å².